The molecule has 0 radical (unpaired) electrons. The lowest BCUT2D eigenvalue weighted by Gasteiger charge is -2.16. The summed E-state index contributed by atoms with van der Waals surface area (Å²) in [6.07, 6.45) is 3.81. The Labute approximate surface area is 189 Å². The smallest absolute Gasteiger partial charge is 0.293 e. The molecule has 0 bridgehead atoms. The van der Waals surface area contributed by atoms with Gasteiger partial charge in [0.1, 0.15) is 12.4 Å². The monoisotopic (exact) mass is 450 g/mol. The second-order valence-corrected chi connectivity index (χ2v) is 8.80. The molecule has 2 aliphatic heterocycles. The van der Waals surface area contributed by atoms with Crippen molar-refractivity contribution in [2.75, 3.05) is 13.4 Å². The lowest BCUT2D eigenvalue weighted by Crippen LogP contribution is -2.34. The van der Waals surface area contributed by atoms with Crippen molar-refractivity contribution in [2.45, 2.75) is 26.4 Å². The molecule has 1 fully saturated rings. The van der Waals surface area contributed by atoms with E-state index in [9.17, 15) is 9.59 Å². The largest absolute Gasteiger partial charge is 0.492 e. The van der Waals surface area contributed by atoms with Gasteiger partial charge in [-0.1, -0.05) is 18.2 Å². The average Bonchev–Trinajstić information content (AvgIpc) is 3.45. The van der Waals surface area contributed by atoms with Gasteiger partial charge in [0, 0.05) is 34.8 Å². The van der Waals surface area contributed by atoms with Gasteiger partial charge < -0.3 is 18.8 Å². The van der Waals surface area contributed by atoms with Crippen LogP contribution in [0.4, 0.5) is 4.79 Å². The highest BCUT2D eigenvalue weighted by Crippen LogP contribution is 2.36. The normalized spacial score (nSPS) is 16.7. The molecular formula is C24H22N2O5S. The van der Waals surface area contributed by atoms with Crippen LogP contribution >= 0.6 is 11.8 Å². The number of nitrogens with zero attached hydrogens (tertiary/aromatic N) is 2. The minimum Gasteiger partial charge on any atom is -0.492 e. The molecule has 0 aliphatic carbocycles. The molecule has 32 heavy (non-hydrogen) atoms. The third-order valence-corrected chi connectivity index (χ3v) is 6.27. The van der Waals surface area contributed by atoms with Gasteiger partial charge in [-0.15, -0.1) is 0 Å². The number of imide groups is 1. The van der Waals surface area contributed by atoms with E-state index in [4.69, 9.17) is 14.2 Å². The van der Waals surface area contributed by atoms with Crippen molar-refractivity contribution in [1.82, 2.24) is 9.47 Å². The summed E-state index contributed by atoms with van der Waals surface area (Å²) in [5.41, 5.74) is 1.94. The molecule has 1 aromatic heterocycles. The summed E-state index contributed by atoms with van der Waals surface area (Å²) in [7, 11) is 0. The first-order chi connectivity index (χ1) is 15.5. The summed E-state index contributed by atoms with van der Waals surface area (Å²) in [6.45, 7) is 4.99. The number of rotatable bonds is 6. The fourth-order valence-corrected chi connectivity index (χ4v) is 4.82. The molecule has 2 aliphatic rings. The number of carbonyl (C=O) groups is 2. The van der Waals surface area contributed by atoms with Gasteiger partial charge in [0.2, 0.25) is 6.79 Å². The number of fused-ring (bicyclic) bond motifs is 2. The maximum atomic E-state index is 12.7. The van der Waals surface area contributed by atoms with Crippen LogP contribution < -0.4 is 14.2 Å². The van der Waals surface area contributed by atoms with Gasteiger partial charge in [-0.05, 0) is 49.9 Å². The van der Waals surface area contributed by atoms with E-state index < -0.39 is 0 Å². The van der Waals surface area contributed by atoms with Gasteiger partial charge in [-0.3, -0.25) is 14.5 Å². The van der Waals surface area contributed by atoms with Gasteiger partial charge in [0.15, 0.2) is 11.5 Å². The highest BCUT2D eigenvalue weighted by molar-refractivity contribution is 8.18. The second-order valence-electron chi connectivity index (χ2n) is 7.80. The summed E-state index contributed by atoms with van der Waals surface area (Å²) in [5.74, 6) is 1.89. The number of thioether (sulfide) groups is 1. The van der Waals surface area contributed by atoms with Crippen molar-refractivity contribution < 1.29 is 23.8 Å². The van der Waals surface area contributed by atoms with E-state index in [1.165, 1.54) is 4.90 Å². The Morgan fingerprint density at radius 1 is 1.12 bits per heavy atom. The van der Waals surface area contributed by atoms with Gasteiger partial charge in [0.25, 0.3) is 11.1 Å². The van der Waals surface area contributed by atoms with Gasteiger partial charge in [-0.25, -0.2) is 0 Å². The lowest BCUT2D eigenvalue weighted by atomic mass is 10.1. The minimum atomic E-state index is -0.238. The number of carbonyl (C=O) groups excluding carboxylic acids is 2. The Hall–Kier alpha value is -3.39. The first-order valence-corrected chi connectivity index (χ1v) is 11.2. The van der Waals surface area contributed by atoms with Crippen molar-refractivity contribution in [1.29, 1.82) is 0 Å². The van der Waals surface area contributed by atoms with Gasteiger partial charge in [-0.2, -0.15) is 0 Å². The van der Waals surface area contributed by atoms with E-state index in [1.54, 1.807) is 0 Å². The third-order valence-electron chi connectivity index (χ3n) is 5.39. The van der Waals surface area contributed by atoms with Crippen LogP contribution in [0.15, 0.2) is 53.6 Å². The zero-order chi connectivity index (χ0) is 22.2. The number of ether oxygens (including phenoxy) is 3. The molecule has 3 aromatic rings. The molecule has 1 saturated heterocycles. The first kappa shape index (κ1) is 20.5. The van der Waals surface area contributed by atoms with Crippen LogP contribution in [-0.2, 0) is 11.3 Å². The molecule has 2 amide bonds. The minimum absolute atomic E-state index is 0.164. The number of hydrogen-bond donors (Lipinski definition) is 0. The topological polar surface area (TPSA) is 70.0 Å². The SMILES string of the molecule is CC(C)N1C(=O)S/C(=C\c2cn(CCOc3ccc4c(c3)OCO4)c3ccccc23)C1=O. The molecule has 5 rings (SSSR count). The van der Waals surface area contributed by atoms with E-state index in [0.717, 1.165) is 34.0 Å². The summed E-state index contributed by atoms with van der Waals surface area (Å²) < 4.78 is 18.7. The van der Waals surface area contributed by atoms with Crippen molar-refractivity contribution >= 4 is 39.9 Å². The van der Waals surface area contributed by atoms with Crippen molar-refractivity contribution in [3.8, 4) is 17.2 Å². The number of amides is 2. The van der Waals surface area contributed by atoms with Crippen LogP contribution in [0.2, 0.25) is 0 Å². The van der Waals surface area contributed by atoms with Crippen LogP contribution in [0.5, 0.6) is 17.2 Å². The molecule has 0 N–H and O–H groups in total. The van der Waals surface area contributed by atoms with Crippen molar-refractivity contribution in [3.05, 3.63) is 59.1 Å². The predicted octanol–water partition coefficient (Wildman–Crippen LogP) is 4.89. The molecule has 0 unspecified atom stereocenters. The van der Waals surface area contributed by atoms with Crippen LogP contribution in [0.3, 0.4) is 0 Å². The van der Waals surface area contributed by atoms with Gasteiger partial charge in [0.05, 0.1) is 11.4 Å². The third kappa shape index (κ3) is 3.71. The number of aromatic nitrogens is 1. The van der Waals surface area contributed by atoms with Crippen LogP contribution in [0, 0.1) is 0 Å². The number of para-hydroxylation sites is 1. The maximum Gasteiger partial charge on any atom is 0.293 e. The van der Waals surface area contributed by atoms with Crippen LogP contribution in [0.25, 0.3) is 17.0 Å². The fraction of sp³-hybridized carbons (Fsp3) is 0.250. The highest BCUT2D eigenvalue weighted by atomic mass is 32.2. The first-order valence-electron chi connectivity index (χ1n) is 10.4. The Morgan fingerprint density at radius 2 is 1.94 bits per heavy atom. The molecule has 8 heteroatoms. The molecule has 164 valence electrons. The highest BCUT2D eigenvalue weighted by Gasteiger charge is 2.36. The Bertz CT molecular complexity index is 1250. The number of benzene rings is 2. The standard InChI is InChI=1S/C24H22N2O5S/c1-15(2)26-23(27)22(32-24(26)28)11-16-13-25(19-6-4-3-5-18(16)19)9-10-29-17-7-8-20-21(12-17)31-14-30-20/h3-8,11-13,15H,9-10,14H2,1-2H3/b22-11-. The molecule has 0 saturated carbocycles. The maximum absolute atomic E-state index is 12.7. The average molecular weight is 451 g/mol. The summed E-state index contributed by atoms with van der Waals surface area (Å²) in [4.78, 5) is 26.7. The summed E-state index contributed by atoms with van der Waals surface area (Å²) in [6, 6.07) is 13.4. The van der Waals surface area contributed by atoms with E-state index in [1.807, 2.05) is 68.6 Å². The van der Waals surface area contributed by atoms with E-state index in [0.29, 0.717) is 29.6 Å². The number of hydrogen-bond acceptors (Lipinski definition) is 6. The lowest BCUT2D eigenvalue weighted by molar-refractivity contribution is -0.123. The Balaban J connectivity index is 1.36. The van der Waals surface area contributed by atoms with Crippen molar-refractivity contribution in [3.63, 3.8) is 0 Å². The molecule has 0 spiro atoms. The summed E-state index contributed by atoms with van der Waals surface area (Å²) >= 11 is 0.990. The zero-order valence-electron chi connectivity index (χ0n) is 17.7. The molecule has 7 nitrogen and oxygen atoms in total. The molecular weight excluding hydrogens is 428 g/mol. The molecule has 3 heterocycles. The Kier molecular flexibility index (Phi) is 5.30. The van der Waals surface area contributed by atoms with Crippen molar-refractivity contribution in [2.24, 2.45) is 0 Å². The predicted molar refractivity (Wildman–Crippen MR) is 123 cm³/mol. The zero-order valence-corrected chi connectivity index (χ0v) is 18.6. The van der Waals surface area contributed by atoms with Crippen LogP contribution in [0.1, 0.15) is 19.4 Å². The molecule has 0 atom stereocenters. The van der Waals surface area contributed by atoms with Gasteiger partial charge >= 0.3 is 0 Å². The van der Waals surface area contributed by atoms with E-state index in [2.05, 4.69) is 4.57 Å². The fourth-order valence-electron chi connectivity index (χ4n) is 3.87. The molecule has 2 aromatic carbocycles. The van der Waals surface area contributed by atoms with Crippen LogP contribution in [-0.4, -0.2) is 40.1 Å². The quantitative estimate of drug-likeness (QED) is 0.498. The van der Waals surface area contributed by atoms with E-state index >= 15 is 0 Å². The second kappa shape index (κ2) is 8.27. The van der Waals surface area contributed by atoms with E-state index in [-0.39, 0.29) is 24.0 Å². The summed E-state index contributed by atoms with van der Waals surface area (Å²) in [5, 5.41) is 0.795. The Morgan fingerprint density at radius 3 is 2.75 bits per heavy atom.